The molecule has 0 aliphatic heterocycles. The van der Waals surface area contributed by atoms with Gasteiger partial charge in [-0.05, 0) is 44.5 Å². The highest BCUT2D eigenvalue weighted by atomic mass is 32.1. The molecule has 1 N–H and O–H groups in total. The smallest absolute Gasteiger partial charge is 0.257 e. The van der Waals surface area contributed by atoms with Crippen LogP contribution in [0.3, 0.4) is 0 Å². The number of benzene rings is 1. The topological polar surface area (TPSA) is 55.1 Å². The lowest BCUT2D eigenvalue weighted by Gasteiger charge is -2.01. The van der Waals surface area contributed by atoms with E-state index < -0.39 is 0 Å². The van der Waals surface area contributed by atoms with Crippen LogP contribution >= 0.6 is 11.3 Å². The number of carbonyl (C=O) groups excluding carboxylic acids is 1. The molecule has 0 aliphatic carbocycles. The van der Waals surface area contributed by atoms with Gasteiger partial charge in [0.25, 0.3) is 5.91 Å². The maximum absolute atomic E-state index is 12.3. The molecule has 108 valence electrons. The van der Waals surface area contributed by atoms with Crippen LogP contribution in [0.15, 0.2) is 28.7 Å². The summed E-state index contributed by atoms with van der Waals surface area (Å²) in [5, 5.41) is 4.45. The Bertz CT molecular complexity index is 817. The molecule has 4 nitrogen and oxygen atoms in total. The zero-order chi connectivity index (χ0) is 15.0. The number of hydrogen-bond donors (Lipinski definition) is 1. The van der Waals surface area contributed by atoms with Gasteiger partial charge in [0.05, 0.1) is 5.69 Å². The van der Waals surface area contributed by atoms with Crippen LogP contribution in [0, 0.1) is 13.8 Å². The van der Waals surface area contributed by atoms with E-state index >= 15 is 0 Å². The largest absolute Gasteiger partial charge is 0.461 e. The van der Waals surface area contributed by atoms with Gasteiger partial charge in [-0.25, -0.2) is 4.98 Å². The molecule has 0 aliphatic rings. The first-order valence-corrected chi connectivity index (χ1v) is 7.66. The number of carbonyl (C=O) groups is 1. The van der Waals surface area contributed by atoms with Crippen molar-refractivity contribution in [3.63, 3.8) is 0 Å². The Labute approximate surface area is 126 Å². The molecule has 0 saturated heterocycles. The van der Waals surface area contributed by atoms with Gasteiger partial charge in [0.15, 0.2) is 5.13 Å². The number of anilines is 1. The standard InChI is InChI=1S/C16H16N2O2S/c1-4-13-10(3)21-16(17-13)18-15(19)11-5-6-14-12(8-11)7-9(2)20-14/h5-8H,4H2,1-3H3,(H,17,18,19). The van der Waals surface area contributed by atoms with Crippen LogP contribution in [-0.4, -0.2) is 10.9 Å². The van der Waals surface area contributed by atoms with Gasteiger partial charge in [-0.3, -0.25) is 10.1 Å². The van der Waals surface area contributed by atoms with Crippen molar-refractivity contribution in [3.8, 4) is 0 Å². The molecule has 2 heterocycles. The Morgan fingerprint density at radius 2 is 2.14 bits per heavy atom. The van der Waals surface area contributed by atoms with E-state index in [2.05, 4.69) is 17.2 Å². The third-order valence-electron chi connectivity index (χ3n) is 3.35. The quantitative estimate of drug-likeness (QED) is 0.783. The molecule has 0 unspecified atom stereocenters. The summed E-state index contributed by atoms with van der Waals surface area (Å²) in [7, 11) is 0. The van der Waals surface area contributed by atoms with E-state index in [1.54, 1.807) is 6.07 Å². The summed E-state index contributed by atoms with van der Waals surface area (Å²) >= 11 is 1.51. The van der Waals surface area contributed by atoms with Gasteiger partial charge >= 0.3 is 0 Å². The zero-order valence-corrected chi connectivity index (χ0v) is 13.0. The van der Waals surface area contributed by atoms with Crippen LogP contribution in [0.1, 0.15) is 33.6 Å². The van der Waals surface area contributed by atoms with Gasteiger partial charge in [-0.1, -0.05) is 6.92 Å². The van der Waals surface area contributed by atoms with Crippen LogP contribution in [0.25, 0.3) is 11.0 Å². The van der Waals surface area contributed by atoms with Crippen molar-refractivity contribution in [1.29, 1.82) is 0 Å². The summed E-state index contributed by atoms with van der Waals surface area (Å²) in [5.41, 5.74) is 2.44. The summed E-state index contributed by atoms with van der Waals surface area (Å²) < 4.78 is 5.51. The highest BCUT2D eigenvalue weighted by molar-refractivity contribution is 7.15. The molecule has 21 heavy (non-hydrogen) atoms. The van der Waals surface area contributed by atoms with Crippen LogP contribution in [-0.2, 0) is 6.42 Å². The molecule has 3 aromatic rings. The predicted molar refractivity (Wildman–Crippen MR) is 85.1 cm³/mol. The second-order valence-electron chi connectivity index (χ2n) is 4.94. The summed E-state index contributed by atoms with van der Waals surface area (Å²) in [4.78, 5) is 17.9. The van der Waals surface area contributed by atoms with E-state index in [0.717, 1.165) is 33.7 Å². The summed E-state index contributed by atoms with van der Waals surface area (Å²) in [5.74, 6) is 0.692. The fourth-order valence-corrected chi connectivity index (χ4v) is 3.19. The second kappa shape index (κ2) is 5.33. The number of rotatable bonds is 3. The number of fused-ring (bicyclic) bond motifs is 1. The van der Waals surface area contributed by atoms with Crippen molar-refractivity contribution >= 4 is 33.3 Å². The number of aromatic nitrogens is 1. The third-order valence-corrected chi connectivity index (χ3v) is 4.28. The van der Waals surface area contributed by atoms with E-state index in [0.29, 0.717) is 10.7 Å². The highest BCUT2D eigenvalue weighted by Gasteiger charge is 2.12. The molecular formula is C16H16N2O2S. The Kier molecular flexibility index (Phi) is 3.51. The monoisotopic (exact) mass is 300 g/mol. The molecule has 0 atom stereocenters. The number of nitrogens with one attached hydrogen (secondary N) is 1. The SMILES string of the molecule is CCc1nc(NC(=O)c2ccc3oc(C)cc3c2)sc1C. The molecular weight excluding hydrogens is 284 g/mol. The zero-order valence-electron chi connectivity index (χ0n) is 12.2. The van der Waals surface area contributed by atoms with Crippen molar-refractivity contribution < 1.29 is 9.21 Å². The lowest BCUT2D eigenvalue weighted by Crippen LogP contribution is -2.11. The fourth-order valence-electron chi connectivity index (χ4n) is 2.30. The van der Waals surface area contributed by atoms with Crippen LogP contribution in [0.4, 0.5) is 5.13 Å². The maximum Gasteiger partial charge on any atom is 0.257 e. The molecule has 0 saturated carbocycles. The van der Waals surface area contributed by atoms with E-state index in [9.17, 15) is 4.79 Å². The Morgan fingerprint density at radius 3 is 2.86 bits per heavy atom. The van der Waals surface area contributed by atoms with Crippen molar-refractivity contribution in [2.45, 2.75) is 27.2 Å². The number of furan rings is 1. The molecule has 0 radical (unpaired) electrons. The molecule has 2 aromatic heterocycles. The molecule has 1 amide bonds. The van der Waals surface area contributed by atoms with E-state index in [-0.39, 0.29) is 5.91 Å². The number of hydrogen-bond acceptors (Lipinski definition) is 4. The number of amides is 1. The second-order valence-corrected chi connectivity index (χ2v) is 6.14. The number of thiazole rings is 1. The van der Waals surface area contributed by atoms with Crippen LogP contribution in [0.2, 0.25) is 0 Å². The summed E-state index contributed by atoms with van der Waals surface area (Å²) in [6.07, 6.45) is 0.873. The highest BCUT2D eigenvalue weighted by Crippen LogP contribution is 2.24. The normalized spacial score (nSPS) is 11.0. The van der Waals surface area contributed by atoms with Crippen molar-refractivity contribution in [1.82, 2.24) is 4.98 Å². The summed E-state index contributed by atoms with van der Waals surface area (Å²) in [6, 6.07) is 7.35. The molecule has 3 rings (SSSR count). The molecule has 5 heteroatoms. The first-order valence-electron chi connectivity index (χ1n) is 6.84. The minimum Gasteiger partial charge on any atom is -0.461 e. The minimum absolute atomic E-state index is 0.146. The summed E-state index contributed by atoms with van der Waals surface area (Å²) in [6.45, 7) is 5.97. The first-order chi connectivity index (χ1) is 10.1. The average molecular weight is 300 g/mol. The third kappa shape index (κ3) is 2.69. The lowest BCUT2D eigenvalue weighted by molar-refractivity contribution is 0.102. The fraction of sp³-hybridized carbons (Fsp3) is 0.250. The van der Waals surface area contributed by atoms with Crippen molar-refractivity contribution in [3.05, 3.63) is 46.2 Å². The van der Waals surface area contributed by atoms with Gasteiger partial charge in [-0.15, -0.1) is 11.3 Å². The first kappa shape index (κ1) is 13.8. The number of nitrogens with zero attached hydrogens (tertiary/aromatic N) is 1. The maximum atomic E-state index is 12.3. The molecule has 1 aromatic carbocycles. The minimum atomic E-state index is -0.146. The van der Waals surface area contributed by atoms with Gasteiger partial charge in [-0.2, -0.15) is 0 Å². The lowest BCUT2D eigenvalue weighted by atomic mass is 10.1. The van der Waals surface area contributed by atoms with Gasteiger partial charge in [0.1, 0.15) is 11.3 Å². The van der Waals surface area contributed by atoms with E-state index in [1.807, 2.05) is 32.0 Å². The number of aryl methyl sites for hydroxylation is 3. The van der Waals surface area contributed by atoms with Gasteiger partial charge < -0.3 is 4.42 Å². The Hall–Kier alpha value is -2.14. The van der Waals surface area contributed by atoms with Gasteiger partial charge in [0, 0.05) is 15.8 Å². The van der Waals surface area contributed by atoms with Gasteiger partial charge in [0.2, 0.25) is 0 Å². The Balaban J connectivity index is 1.85. The van der Waals surface area contributed by atoms with Crippen LogP contribution < -0.4 is 5.32 Å². The molecule has 0 fully saturated rings. The average Bonchev–Trinajstić information content (AvgIpc) is 2.99. The Morgan fingerprint density at radius 1 is 1.33 bits per heavy atom. The molecule has 0 spiro atoms. The van der Waals surface area contributed by atoms with E-state index in [4.69, 9.17) is 4.42 Å². The van der Waals surface area contributed by atoms with Crippen molar-refractivity contribution in [2.24, 2.45) is 0 Å². The van der Waals surface area contributed by atoms with E-state index in [1.165, 1.54) is 11.3 Å². The molecule has 0 bridgehead atoms. The van der Waals surface area contributed by atoms with Crippen LogP contribution in [0.5, 0.6) is 0 Å². The predicted octanol–water partition coefficient (Wildman–Crippen LogP) is 4.32. The van der Waals surface area contributed by atoms with Crippen molar-refractivity contribution in [2.75, 3.05) is 5.32 Å².